The molecule has 2 nitrogen and oxygen atoms in total. The lowest BCUT2D eigenvalue weighted by atomic mass is 10.3. The summed E-state index contributed by atoms with van der Waals surface area (Å²) < 4.78 is 6.12. The molecule has 0 aromatic heterocycles. The van der Waals surface area contributed by atoms with E-state index in [1.807, 2.05) is 18.2 Å². The monoisotopic (exact) mass is 274 g/mol. The minimum atomic E-state index is 0.583. The summed E-state index contributed by atoms with van der Waals surface area (Å²) in [5.74, 6) is 1.64. The summed E-state index contributed by atoms with van der Waals surface area (Å²) in [6.07, 6.45) is 1.52. The van der Waals surface area contributed by atoms with Gasteiger partial charge in [-0.1, -0.05) is 15.9 Å². The van der Waals surface area contributed by atoms with E-state index in [9.17, 15) is 4.79 Å². The summed E-state index contributed by atoms with van der Waals surface area (Å²) in [6.45, 7) is 0. The second-order valence-electron chi connectivity index (χ2n) is 2.63. The minimum Gasteiger partial charge on any atom is -0.497 e. The first-order chi connectivity index (χ1) is 6.76. The van der Waals surface area contributed by atoms with Gasteiger partial charge in [0, 0.05) is 21.5 Å². The Kier molecular flexibility index (Phi) is 5.04. The van der Waals surface area contributed by atoms with Crippen LogP contribution in [-0.2, 0) is 4.79 Å². The molecule has 4 heteroatoms. The van der Waals surface area contributed by atoms with Gasteiger partial charge in [-0.3, -0.25) is 0 Å². The zero-order valence-corrected chi connectivity index (χ0v) is 10.2. The fourth-order valence-corrected chi connectivity index (χ4v) is 2.45. The zero-order valence-electron chi connectivity index (χ0n) is 7.83. The van der Waals surface area contributed by atoms with Gasteiger partial charge in [0.1, 0.15) is 12.0 Å². The lowest BCUT2D eigenvalue weighted by Gasteiger charge is -2.04. The summed E-state index contributed by atoms with van der Waals surface area (Å²) in [5.41, 5.74) is 0. The number of hydrogen-bond acceptors (Lipinski definition) is 3. The first-order valence-corrected chi connectivity index (χ1v) is 5.95. The van der Waals surface area contributed by atoms with Gasteiger partial charge >= 0.3 is 0 Å². The van der Waals surface area contributed by atoms with Crippen molar-refractivity contribution in [3.63, 3.8) is 0 Å². The maximum atomic E-state index is 10.1. The summed E-state index contributed by atoms with van der Waals surface area (Å²) in [7, 11) is 1.64. The molecule has 0 unspecified atom stereocenters. The topological polar surface area (TPSA) is 26.3 Å². The van der Waals surface area contributed by atoms with Gasteiger partial charge in [0.2, 0.25) is 0 Å². The molecule has 0 aliphatic heterocycles. The highest BCUT2D eigenvalue weighted by molar-refractivity contribution is 9.10. The highest BCUT2D eigenvalue weighted by Crippen LogP contribution is 2.28. The molecule has 0 amide bonds. The fourth-order valence-electron chi connectivity index (χ4n) is 0.963. The predicted molar refractivity (Wildman–Crippen MR) is 62.1 cm³/mol. The van der Waals surface area contributed by atoms with Crippen molar-refractivity contribution < 1.29 is 9.53 Å². The van der Waals surface area contributed by atoms with Crippen LogP contribution < -0.4 is 4.74 Å². The van der Waals surface area contributed by atoms with Crippen LogP contribution >= 0.6 is 27.7 Å². The molecule has 14 heavy (non-hydrogen) atoms. The maximum Gasteiger partial charge on any atom is 0.121 e. The Morgan fingerprint density at radius 1 is 1.50 bits per heavy atom. The third-order valence-electron chi connectivity index (χ3n) is 1.58. The molecule has 0 saturated carbocycles. The molecule has 0 fully saturated rings. The van der Waals surface area contributed by atoms with E-state index in [4.69, 9.17) is 4.74 Å². The number of aldehydes is 1. The Bertz CT molecular complexity index is 315. The molecule has 1 aromatic rings. The number of rotatable bonds is 5. The Morgan fingerprint density at radius 2 is 2.29 bits per heavy atom. The second kappa shape index (κ2) is 6.09. The summed E-state index contributed by atoms with van der Waals surface area (Å²) >= 11 is 5.05. The molecular formula is C10H11BrO2S. The molecule has 0 spiro atoms. The van der Waals surface area contributed by atoms with E-state index in [1.165, 1.54) is 0 Å². The molecule has 0 atom stereocenters. The van der Waals surface area contributed by atoms with Gasteiger partial charge in [-0.15, -0.1) is 11.8 Å². The van der Waals surface area contributed by atoms with Gasteiger partial charge in [0.25, 0.3) is 0 Å². The molecule has 0 aliphatic rings. The van der Waals surface area contributed by atoms with Crippen molar-refractivity contribution in [2.75, 3.05) is 12.9 Å². The third-order valence-corrected chi connectivity index (χ3v) is 3.05. The molecule has 0 saturated heterocycles. The third kappa shape index (κ3) is 3.72. The quantitative estimate of drug-likeness (QED) is 0.469. The van der Waals surface area contributed by atoms with Gasteiger partial charge in [-0.25, -0.2) is 0 Å². The Hall–Kier alpha value is -0.480. The van der Waals surface area contributed by atoms with E-state index in [0.29, 0.717) is 6.42 Å². The number of carbonyl (C=O) groups excluding carboxylic acids is 1. The van der Waals surface area contributed by atoms with Crippen LogP contribution in [0.3, 0.4) is 0 Å². The van der Waals surface area contributed by atoms with Gasteiger partial charge in [0.15, 0.2) is 0 Å². The second-order valence-corrected chi connectivity index (χ2v) is 4.71. The standard InChI is InChI=1S/C10H11BrO2S/c1-13-9-5-8(11)6-10(7-9)14-4-2-3-12/h3,5-7H,2,4H2,1H3. The SMILES string of the molecule is COc1cc(Br)cc(SCCC=O)c1. The zero-order chi connectivity index (χ0) is 10.4. The van der Waals surface area contributed by atoms with E-state index in [2.05, 4.69) is 15.9 Å². The molecule has 0 radical (unpaired) electrons. The fraction of sp³-hybridized carbons (Fsp3) is 0.300. The van der Waals surface area contributed by atoms with E-state index in [1.54, 1.807) is 18.9 Å². The molecule has 0 bridgehead atoms. The van der Waals surface area contributed by atoms with E-state index < -0.39 is 0 Å². The molecule has 1 rings (SSSR count). The van der Waals surface area contributed by atoms with Gasteiger partial charge in [-0.05, 0) is 18.2 Å². The molecule has 0 N–H and O–H groups in total. The first-order valence-electron chi connectivity index (χ1n) is 4.17. The number of methoxy groups -OCH3 is 1. The van der Waals surface area contributed by atoms with Gasteiger partial charge in [0.05, 0.1) is 7.11 Å². The lowest BCUT2D eigenvalue weighted by Crippen LogP contribution is -1.85. The predicted octanol–water partition coefficient (Wildman–Crippen LogP) is 3.14. The molecule has 0 heterocycles. The Morgan fingerprint density at radius 3 is 2.93 bits per heavy atom. The van der Waals surface area contributed by atoms with Crippen molar-refractivity contribution in [3.8, 4) is 5.75 Å². The van der Waals surface area contributed by atoms with Crippen LogP contribution in [0.1, 0.15) is 6.42 Å². The van der Waals surface area contributed by atoms with Gasteiger partial charge in [-0.2, -0.15) is 0 Å². The molecule has 0 aliphatic carbocycles. The van der Waals surface area contributed by atoms with Crippen LogP contribution in [0.2, 0.25) is 0 Å². The normalized spacial score (nSPS) is 9.86. The van der Waals surface area contributed by atoms with E-state index in [0.717, 1.165) is 27.2 Å². The van der Waals surface area contributed by atoms with E-state index in [-0.39, 0.29) is 0 Å². The van der Waals surface area contributed by atoms with Crippen LogP contribution in [0.15, 0.2) is 27.6 Å². The molecule has 76 valence electrons. The van der Waals surface area contributed by atoms with E-state index >= 15 is 0 Å². The minimum absolute atomic E-state index is 0.583. The number of benzene rings is 1. The van der Waals surface area contributed by atoms with Crippen LogP contribution in [0.4, 0.5) is 0 Å². The lowest BCUT2D eigenvalue weighted by molar-refractivity contribution is -0.107. The van der Waals surface area contributed by atoms with Crippen molar-refractivity contribution in [1.82, 2.24) is 0 Å². The number of hydrogen-bond donors (Lipinski definition) is 0. The van der Waals surface area contributed by atoms with Crippen LogP contribution in [0.25, 0.3) is 0 Å². The highest BCUT2D eigenvalue weighted by Gasteiger charge is 1.99. The summed E-state index contributed by atoms with van der Waals surface area (Å²) in [4.78, 5) is 11.2. The highest BCUT2D eigenvalue weighted by atomic mass is 79.9. The van der Waals surface area contributed by atoms with Crippen LogP contribution in [-0.4, -0.2) is 19.1 Å². The smallest absolute Gasteiger partial charge is 0.121 e. The first kappa shape index (κ1) is 11.6. The van der Waals surface area contributed by atoms with Crippen molar-refractivity contribution in [2.24, 2.45) is 0 Å². The molecular weight excluding hydrogens is 264 g/mol. The average Bonchev–Trinajstić information content (AvgIpc) is 2.17. The summed E-state index contributed by atoms with van der Waals surface area (Å²) in [5, 5.41) is 0. The van der Waals surface area contributed by atoms with Crippen molar-refractivity contribution >= 4 is 34.0 Å². The maximum absolute atomic E-state index is 10.1. The molecule has 1 aromatic carbocycles. The number of ether oxygens (including phenoxy) is 1. The van der Waals surface area contributed by atoms with Crippen molar-refractivity contribution in [1.29, 1.82) is 0 Å². The number of thioether (sulfide) groups is 1. The summed E-state index contributed by atoms with van der Waals surface area (Å²) in [6, 6.07) is 5.88. The Labute approximate surface area is 96.2 Å². The number of halogens is 1. The van der Waals surface area contributed by atoms with Crippen molar-refractivity contribution in [3.05, 3.63) is 22.7 Å². The van der Waals surface area contributed by atoms with Gasteiger partial charge < -0.3 is 9.53 Å². The van der Waals surface area contributed by atoms with Crippen LogP contribution in [0, 0.1) is 0 Å². The average molecular weight is 275 g/mol. The van der Waals surface area contributed by atoms with Crippen LogP contribution in [0.5, 0.6) is 5.75 Å². The number of carbonyl (C=O) groups is 1. The largest absolute Gasteiger partial charge is 0.497 e. The Balaban J connectivity index is 2.66. The van der Waals surface area contributed by atoms with Crippen molar-refractivity contribution in [2.45, 2.75) is 11.3 Å².